The van der Waals surface area contributed by atoms with Gasteiger partial charge in [0.2, 0.25) is 5.91 Å². The van der Waals surface area contributed by atoms with E-state index in [1.54, 1.807) is 6.08 Å². The lowest BCUT2D eigenvalue weighted by Crippen LogP contribution is -2.61. The molecule has 0 aromatic carbocycles. The van der Waals surface area contributed by atoms with Gasteiger partial charge in [-0.15, -0.1) is 0 Å². The monoisotopic (exact) mass is 1030 g/mol. The molecule has 1 aliphatic heterocycles. The Labute approximate surface area is 446 Å². The second kappa shape index (κ2) is 50.2. The van der Waals surface area contributed by atoms with Crippen molar-refractivity contribution in [2.45, 2.75) is 307 Å². The summed E-state index contributed by atoms with van der Waals surface area (Å²) in [4.78, 5) is 26.5. The fourth-order valence-electron chi connectivity index (χ4n) is 9.10. The van der Waals surface area contributed by atoms with Gasteiger partial charge in [0.25, 0.3) is 0 Å². The molecule has 73 heavy (non-hydrogen) atoms. The van der Waals surface area contributed by atoms with Gasteiger partial charge in [0.1, 0.15) is 24.4 Å². The number of hydrogen-bond donors (Lipinski definition) is 6. The Kier molecular flexibility index (Phi) is 47.0. The highest BCUT2D eigenvalue weighted by Crippen LogP contribution is 2.26. The van der Waals surface area contributed by atoms with Crippen LogP contribution < -0.4 is 5.32 Å². The summed E-state index contributed by atoms with van der Waals surface area (Å²) in [6, 6.07) is -1.04. The first-order valence-electron chi connectivity index (χ1n) is 30.1. The first-order chi connectivity index (χ1) is 35.7. The predicted octanol–water partition coefficient (Wildman–Crippen LogP) is 13.8. The SMILES string of the molecule is CCCCC/C=C\C/C=C\C/C=C\C/C=C\CCCCC(O)C(=O)NC(COC1OC(CO)C(O)C(O)C1OC(=O)CCCCCCCCCCCCCCCCC)C(O)/C=C/CCCCCCCCCCC. The van der Waals surface area contributed by atoms with Crippen molar-refractivity contribution >= 4 is 11.9 Å². The highest BCUT2D eigenvalue weighted by atomic mass is 16.7. The summed E-state index contributed by atoms with van der Waals surface area (Å²) in [6.45, 7) is 5.73. The fourth-order valence-corrected chi connectivity index (χ4v) is 9.10. The van der Waals surface area contributed by atoms with Crippen molar-refractivity contribution in [3.8, 4) is 0 Å². The summed E-state index contributed by atoms with van der Waals surface area (Å²) in [5.74, 6) is -1.22. The maximum absolute atomic E-state index is 13.4. The average Bonchev–Trinajstić information content (AvgIpc) is 3.39. The fraction of sp³-hybridized carbons (Fsp3) is 0.806. The molecule has 424 valence electrons. The zero-order valence-electron chi connectivity index (χ0n) is 46.7. The second-order valence-corrected chi connectivity index (χ2v) is 20.7. The number of aliphatic hydroxyl groups excluding tert-OH is 5. The number of esters is 1. The summed E-state index contributed by atoms with van der Waals surface area (Å²) in [5, 5.41) is 56.8. The summed E-state index contributed by atoms with van der Waals surface area (Å²) < 4.78 is 17.6. The number of carbonyl (C=O) groups is 2. The Balaban J connectivity index is 2.72. The van der Waals surface area contributed by atoms with Crippen LogP contribution in [0, 0.1) is 0 Å². The molecule has 1 fully saturated rings. The molecule has 1 heterocycles. The van der Waals surface area contributed by atoms with Crippen LogP contribution >= 0.6 is 0 Å². The summed E-state index contributed by atoms with van der Waals surface area (Å²) in [5.41, 5.74) is 0. The standard InChI is InChI=1S/C62H111NO10/c1-4-7-10-13-16-19-22-24-26-27-28-30-31-34-37-40-43-46-49-55(66)61(70)63-53(54(65)48-45-42-39-36-33-21-18-15-12-9-6-3)52-71-62-60(59(69)58(68)56(51-64)72-62)73-57(67)50-47-44-41-38-35-32-29-25-23-20-17-14-11-8-5-2/h16,19,24,26,28,30,34,37,45,48,53-56,58-60,62,64-66,68-69H,4-15,17-18,20-23,25,27,29,31-33,35-36,38-44,46-47,49-52H2,1-3H3,(H,63,70)/b19-16-,26-24-,30-28-,37-34-,48-45+. The maximum atomic E-state index is 13.4. The molecular weight excluding hydrogens is 919 g/mol. The van der Waals surface area contributed by atoms with Crippen LogP contribution in [0.15, 0.2) is 60.8 Å². The van der Waals surface area contributed by atoms with Gasteiger partial charge in [-0.05, 0) is 70.6 Å². The van der Waals surface area contributed by atoms with Gasteiger partial charge < -0.3 is 45.1 Å². The van der Waals surface area contributed by atoms with E-state index in [0.717, 1.165) is 77.0 Å². The van der Waals surface area contributed by atoms with E-state index in [0.29, 0.717) is 12.8 Å². The predicted molar refractivity (Wildman–Crippen MR) is 301 cm³/mol. The molecule has 1 amide bonds. The smallest absolute Gasteiger partial charge is 0.306 e. The lowest BCUT2D eigenvalue weighted by Gasteiger charge is -2.41. The molecule has 1 rings (SSSR count). The van der Waals surface area contributed by atoms with E-state index in [2.05, 4.69) is 74.7 Å². The van der Waals surface area contributed by atoms with E-state index < -0.39 is 67.4 Å². The van der Waals surface area contributed by atoms with Gasteiger partial charge in [0, 0.05) is 6.42 Å². The Hall–Kier alpha value is -2.64. The molecule has 0 aromatic heterocycles. The summed E-state index contributed by atoms with van der Waals surface area (Å²) in [6.07, 6.45) is 51.2. The van der Waals surface area contributed by atoms with Crippen LogP contribution in [-0.4, -0.2) is 99.6 Å². The molecular formula is C62H111NO10. The van der Waals surface area contributed by atoms with Gasteiger partial charge in [-0.1, -0.05) is 242 Å². The molecule has 6 N–H and O–H groups in total. The minimum absolute atomic E-state index is 0.121. The van der Waals surface area contributed by atoms with Crippen molar-refractivity contribution in [1.29, 1.82) is 0 Å². The highest BCUT2D eigenvalue weighted by Gasteiger charge is 2.47. The largest absolute Gasteiger partial charge is 0.454 e. The van der Waals surface area contributed by atoms with E-state index in [-0.39, 0.29) is 19.4 Å². The molecule has 0 saturated carbocycles. The zero-order valence-corrected chi connectivity index (χ0v) is 46.7. The molecule has 0 bridgehead atoms. The topological polar surface area (TPSA) is 175 Å². The van der Waals surface area contributed by atoms with Crippen LogP contribution in [0.5, 0.6) is 0 Å². The number of aliphatic hydroxyl groups is 5. The van der Waals surface area contributed by atoms with Crippen LogP contribution in [0.4, 0.5) is 0 Å². The van der Waals surface area contributed by atoms with Crippen molar-refractivity contribution in [3.05, 3.63) is 60.8 Å². The van der Waals surface area contributed by atoms with E-state index in [4.69, 9.17) is 14.2 Å². The van der Waals surface area contributed by atoms with Crippen molar-refractivity contribution < 1.29 is 49.3 Å². The van der Waals surface area contributed by atoms with E-state index >= 15 is 0 Å². The molecule has 8 atom stereocenters. The molecule has 0 aliphatic carbocycles. The minimum Gasteiger partial charge on any atom is -0.454 e. The molecule has 8 unspecified atom stereocenters. The number of ether oxygens (including phenoxy) is 3. The molecule has 0 aromatic rings. The van der Waals surface area contributed by atoms with Crippen molar-refractivity contribution in [2.75, 3.05) is 13.2 Å². The molecule has 1 aliphatic rings. The van der Waals surface area contributed by atoms with Gasteiger partial charge in [-0.3, -0.25) is 9.59 Å². The quantitative estimate of drug-likeness (QED) is 0.0195. The lowest BCUT2D eigenvalue weighted by molar-refractivity contribution is -0.305. The van der Waals surface area contributed by atoms with Gasteiger partial charge in [0.05, 0.1) is 25.4 Å². The Bertz CT molecular complexity index is 1420. The third kappa shape index (κ3) is 38.5. The van der Waals surface area contributed by atoms with Crippen molar-refractivity contribution in [1.82, 2.24) is 5.32 Å². The minimum atomic E-state index is -1.62. The van der Waals surface area contributed by atoms with E-state index in [9.17, 15) is 35.1 Å². The van der Waals surface area contributed by atoms with Gasteiger partial charge in [0.15, 0.2) is 12.4 Å². The van der Waals surface area contributed by atoms with E-state index in [1.165, 1.54) is 135 Å². The molecule has 11 nitrogen and oxygen atoms in total. The van der Waals surface area contributed by atoms with Crippen LogP contribution in [0.3, 0.4) is 0 Å². The zero-order chi connectivity index (χ0) is 53.3. The number of nitrogens with one attached hydrogen (secondary N) is 1. The van der Waals surface area contributed by atoms with Gasteiger partial charge in [-0.2, -0.15) is 0 Å². The van der Waals surface area contributed by atoms with Crippen molar-refractivity contribution in [2.24, 2.45) is 0 Å². The number of hydrogen-bond acceptors (Lipinski definition) is 10. The Morgan fingerprint density at radius 1 is 0.534 bits per heavy atom. The first kappa shape index (κ1) is 68.4. The third-order valence-electron chi connectivity index (χ3n) is 13.9. The molecule has 1 saturated heterocycles. The average molecular weight is 1030 g/mol. The summed E-state index contributed by atoms with van der Waals surface area (Å²) in [7, 11) is 0. The Morgan fingerprint density at radius 2 is 0.945 bits per heavy atom. The number of rotatable bonds is 50. The molecule has 11 heteroatoms. The first-order valence-corrected chi connectivity index (χ1v) is 30.1. The van der Waals surface area contributed by atoms with Crippen LogP contribution in [0.1, 0.15) is 258 Å². The van der Waals surface area contributed by atoms with Crippen molar-refractivity contribution in [3.63, 3.8) is 0 Å². The number of amides is 1. The lowest BCUT2D eigenvalue weighted by atomic mass is 9.99. The molecule has 0 radical (unpaired) electrons. The van der Waals surface area contributed by atoms with Gasteiger partial charge >= 0.3 is 5.97 Å². The second-order valence-electron chi connectivity index (χ2n) is 20.7. The Morgan fingerprint density at radius 3 is 1.44 bits per heavy atom. The normalized spacial score (nSPS) is 19.8. The number of carbonyl (C=O) groups excluding carboxylic acids is 2. The summed E-state index contributed by atoms with van der Waals surface area (Å²) >= 11 is 0. The highest BCUT2D eigenvalue weighted by molar-refractivity contribution is 5.80. The number of allylic oxidation sites excluding steroid dienone is 9. The van der Waals surface area contributed by atoms with Gasteiger partial charge in [-0.25, -0.2) is 0 Å². The molecule has 0 spiro atoms. The third-order valence-corrected chi connectivity index (χ3v) is 13.9. The number of unbranched alkanes of at least 4 members (excludes halogenated alkanes) is 28. The van der Waals surface area contributed by atoms with Crippen LogP contribution in [0.2, 0.25) is 0 Å². The maximum Gasteiger partial charge on any atom is 0.306 e. The van der Waals surface area contributed by atoms with Crippen LogP contribution in [-0.2, 0) is 23.8 Å². The van der Waals surface area contributed by atoms with E-state index in [1.807, 2.05) is 6.08 Å². The van der Waals surface area contributed by atoms with Crippen LogP contribution in [0.25, 0.3) is 0 Å².